The van der Waals surface area contributed by atoms with E-state index in [1.165, 1.54) is 30.0 Å². The molecule has 30 heavy (non-hydrogen) atoms. The van der Waals surface area contributed by atoms with Crippen molar-refractivity contribution in [1.29, 1.82) is 0 Å². The fourth-order valence-electron chi connectivity index (χ4n) is 2.85. The van der Waals surface area contributed by atoms with Gasteiger partial charge in [-0.3, -0.25) is 9.69 Å². The second-order valence-corrected chi connectivity index (χ2v) is 7.40. The molecule has 8 heteroatoms. The van der Waals surface area contributed by atoms with Crippen LogP contribution in [0.2, 0.25) is 0 Å². The number of carbonyl (C=O) groups is 2. The summed E-state index contributed by atoms with van der Waals surface area (Å²) in [4.78, 5) is 34.1. The number of amides is 1. The number of rotatable bonds is 4. The average molecular weight is 421 g/mol. The lowest BCUT2D eigenvalue weighted by Gasteiger charge is -2.18. The highest BCUT2D eigenvalue weighted by molar-refractivity contribution is 7.14. The van der Waals surface area contributed by atoms with Gasteiger partial charge in [0.25, 0.3) is 0 Å². The lowest BCUT2D eigenvalue weighted by molar-refractivity contribution is -0.130. The highest BCUT2D eigenvalue weighted by Gasteiger charge is 2.25. The van der Waals surface area contributed by atoms with Crippen molar-refractivity contribution in [1.82, 2.24) is 4.98 Å². The number of halogens is 1. The Morgan fingerprint density at radius 2 is 1.90 bits per heavy atom. The van der Waals surface area contributed by atoms with Crippen LogP contribution in [0.1, 0.15) is 23.7 Å². The molecule has 2 heterocycles. The minimum Gasteiger partial charge on any atom is -0.402 e. The summed E-state index contributed by atoms with van der Waals surface area (Å²) in [7, 11) is 0. The number of esters is 1. The van der Waals surface area contributed by atoms with Crippen LogP contribution in [0.15, 0.2) is 64.6 Å². The predicted octanol–water partition coefficient (Wildman–Crippen LogP) is 4.62. The molecule has 0 unspecified atom stereocenters. The van der Waals surface area contributed by atoms with Gasteiger partial charge in [-0.05, 0) is 37.3 Å². The molecule has 1 aromatic heterocycles. The van der Waals surface area contributed by atoms with Gasteiger partial charge in [-0.15, -0.1) is 11.3 Å². The molecule has 150 valence electrons. The van der Waals surface area contributed by atoms with Crippen LogP contribution in [-0.4, -0.2) is 22.8 Å². The number of para-hydroxylation sites is 1. The molecule has 0 saturated carbocycles. The smallest absolute Gasteiger partial charge is 0.363 e. The van der Waals surface area contributed by atoms with Gasteiger partial charge in [-0.25, -0.2) is 19.2 Å². The van der Waals surface area contributed by atoms with Crippen molar-refractivity contribution in [2.24, 2.45) is 4.99 Å². The molecule has 0 saturated heterocycles. The third-order valence-electron chi connectivity index (χ3n) is 4.31. The number of cyclic esters (lactones) is 1. The van der Waals surface area contributed by atoms with E-state index in [9.17, 15) is 14.0 Å². The lowest BCUT2D eigenvalue weighted by Crippen LogP contribution is -2.23. The molecule has 0 N–H and O–H groups in total. The minimum absolute atomic E-state index is 0.0997. The Kier molecular flexibility index (Phi) is 5.24. The standard InChI is InChI=1S/C22H16FN3O3S/c1-13-7-9-15(10-8-13)20-25-18(21(28)29-20)11-16-12-30-22(24-16)26(14(2)27)19-6-4-3-5-17(19)23/h3-12H,1-2H3. The molecule has 0 bridgehead atoms. The third kappa shape index (κ3) is 3.90. The van der Waals surface area contributed by atoms with Gasteiger partial charge in [0.15, 0.2) is 10.8 Å². The van der Waals surface area contributed by atoms with Crippen LogP contribution < -0.4 is 4.90 Å². The van der Waals surface area contributed by atoms with Crippen LogP contribution in [-0.2, 0) is 14.3 Å². The number of nitrogens with zero attached hydrogens (tertiary/aromatic N) is 3. The molecular formula is C22H16FN3O3S. The number of ether oxygens (including phenoxy) is 1. The second kappa shape index (κ2) is 8.00. The molecule has 4 rings (SSSR count). The molecule has 2 aromatic carbocycles. The number of benzene rings is 2. The fourth-order valence-corrected chi connectivity index (χ4v) is 3.69. The van der Waals surface area contributed by atoms with Crippen LogP contribution in [0.25, 0.3) is 6.08 Å². The summed E-state index contributed by atoms with van der Waals surface area (Å²) >= 11 is 1.16. The Balaban J connectivity index is 1.64. The van der Waals surface area contributed by atoms with Gasteiger partial charge in [0.05, 0.1) is 11.4 Å². The monoisotopic (exact) mass is 421 g/mol. The molecular weight excluding hydrogens is 405 g/mol. The van der Waals surface area contributed by atoms with Crippen LogP contribution >= 0.6 is 11.3 Å². The van der Waals surface area contributed by atoms with Crippen molar-refractivity contribution in [3.05, 3.63) is 82.2 Å². The van der Waals surface area contributed by atoms with E-state index in [4.69, 9.17) is 4.74 Å². The first-order valence-corrected chi connectivity index (χ1v) is 9.90. The van der Waals surface area contributed by atoms with E-state index in [1.807, 2.05) is 31.2 Å². The zero-order chi connectivity index (χ0) is 21.3. The first-order chi connectivity index (χ1) is 14.4. The van der Waals surface area contributed by atoms with Crippen molar-refractivity contribution in [2.75, 3.05) is 4.90 Å². The molecule has 1 aliphatic rings. The number of carbonyl (C=O) groups excluding carboxylic acids is 2. The highest BCUT2D eigenvalue weighted by Crippen LogP contribution is 2.31. The van der Waals surface area contributed by atoms with Crippen molar-refractivity contribution in [2.45, 2.75) is 13.8 Å². The predicted molar refractivity (Wildman–Crippen MR) is 113 cm³/mol. The van der Waals surface area contributed by atoms with E-state index in [-0.39, 0.29) is 28.3 Å². The van der Waals surface area contributed by atoms with Crippen molar-refractivity contribution < 1.29 is 18.7 Å². The number of hydrogen-bond donors (Lipinski definition) is 0. The maximum absolute atomic E-state index is 14.2. The number of aryl methyl sites for hydroxylation is 1. The zero-order valence-electron chi connectivity index (χ0n) is 16.1. The summed E-state index contributed by atoms with van der Waals surface area (Å²) in [5, 5.41) is 1.94. The second-order valence-electron chi connectivity index (χ2n) is 6.56. The summed E-state index contributed by atoms with van der Waals surface area (Å²) in [6.07, 6.45) is 1.48. The van der Waals surface area contributed by atoms with E-state index in [1.54, 1.807) is 17.5 Å². The Labute approximate surface area is 176 Å². The number of aromatic nitrogens is 1. The van der Waals surface area contributed by atoms with Gasteiger partial charge < -0.3 is 4.74 Å². The number of hydrogen-bond acceptors (Lipinski definition) is 6. The third-order valence-corrected chi connectivity index (χ3v) is 5.16. The Morgan fingerprint density at radius 3 is 2.60 bits per heavy atom. The quantitative estimate of drug-likeness (QED) is 0.455. The molecule has 1 amide bonds. The van der Waals surface area contributed by atoms with Gasteiger partial charge in [0.1, 0.15) is 5.82 Å². The highest BCUT2D eigenvalue weighted by atomic mass is 32.1. The number of aliphatic imine (C=N–C) groups is 1. The van der Waals surface area contributed by atoms with Crippen LogP contribution in [0, 0.1) is 12.7 Å². The Hall–Kier alpha value is -3.65. The van der Waals surface area contributed by atoms with Gasteiger partial charge >= 0.3 is 5.97 Å². The van der Waals surface area contributed by atoms with Crippen LogP contribution in [0.4, 0.5) is 15.2 Å². The van der Waals surface area contributed by atoms with E-state index in [2.05, 4.69) is 9.98 Å². The summed E-state index contributed by atoms with van der Waals surface area (Å²) in [6, 6.07) is 13.4. The van der Waals surface area contributed by atoms with Gasteiger partial charge in [-0.2, -0.15) is 0 Å². The molecule has 0 aliphatic carbocycles. The number of anilines is 2. The van der Waals surface area contributed by atoms with E-state index < -0.39 is 11.8 Å². The summed E-state index contributed by atoms with van der Waals surface area (Å²) in [5.74, 6) is -1.28. The molecule has 0 atom stereocenters. The Morgan fingerprint density at radius 1 is 1.17 bits per heavy atom. The molecule has 0 spiro atoms. The van der Waals surface area contributed by atoms with Gasteiger partial charge in [0.2, 0.25) is 11.8 Å². The van der Waals surface area contributed by atoms with Gasteiger partial charge in [-0.1, -0.05) is 29.8 Å². The van der Waals surface area contributed by atoms with Crippen molar-refractivity contribution in [3.63, 3.8) is 0 Å². The molecule has 0 fully saturated rings. The lowest BCUT2D eigenvalue weighted by atomic mass is 10.1. The summed E-state index contributed by atoms with van der Waals surface area (Å²) in [6.45, 7) is 3.29. The maximum atomic E-state index is 14.2. The van der Waals surface area contributed by atoms with E-state index in [0.717, 1.165) is 16.9 Å². The normalized spacial score (nSPS) is 14.6. The summed E-state index contributed by atoms with van der Waals surface area (Å²) in [5.41, 5.74) is 2.40. The average Bonchev–Trinajstić information content (AvgIpc) is 3.31. The maximum Gasteiger partial charge on any atom is 0.363 e. The molecule has 1 aliphatic heterocycles. The molecule has 3 aromatic rings. The van der Waals surface area contributed by atoms with Crippen molar-refractivity contribution >= 4 is 46.0 Å². The molecule has 0 radical (unpaired) electrons. The summed E-state index contributed by atoms with van der Waals surface area (Å²) < 4.78 is 19.4. The molecule has 6 nitrogen and oxygen atoms in total. The topological polar surface area (TPSA) is 71.9 Å². The van der Waals surface area contributed by atoms with Crippen LogP contribution in [0.3, 0.4) is 0 Å². The van der Waals surface area contributed by atoms with Crippen LogP contribution in [0.5, 0.6) is 0 Å². The first-order valence-electron chi connectivity index (χ1n) is 9.03. The van der Waals surface area contributed by atoms with E-state index >= 15 is 0 Å². The first kappa shape index (κ1) is 19.7. The van der Waals surface area contributed by atoms with Crippen molar-refractivity contribution in [3.8, 4) is 0 Å². The largest absolute Gasteiger partial charge is 0.402 e. The fraction of sp³-hybridized carbons (Fsp3) is 0.0909. The minimum atomic E-state index is -0.586. The number of thiazole rings is 1. The van der Waals surface area contributed by atoms with E-state index in [0.29, 0.717) is 11.3 Å². The van der Waals surface area contributed by atoms with Gasteiger partial charge in [0, 0.05) is 17.9 Å². The zero-order valence-corrected chi connectivity index (χ0v) is 16.9. The Bertz CT molecular complexity index is 1200. The SMILES string of the molecule is CC(=O)N(c1nc(C=C2N=C(c3ccc(C)cc3)OC2=O)cs1)c1ccccc1F.